The van der Waals surface area contributed by atoms with E-state index in [2.05, 4.69) is 5.43 Å². The smallest absolute Gasteiger partial charge is 0.157 e. The SMILES string of the molecule is CC[C@@H](C)N[N+](=O)[O-]. The predicted molar refractivity (Wildman–Crippen MR) is 29.9 cm³/mol. The molecule has 0 aliphatic carbocycles. The molecule has 0 aromatic heterocycles. The van der Waals surface area contributed by atoms with Gasteiger partial charge in [-0.15, -0.1) is 5.43 Å². The molecule has 0 aromatic carbocycles. The molecule has 0 saturated carbocycles. The average Bonchev–Trinajstić information content (AvgIpc) is 1.65. The Morgan fingerprint density at radius 1 is 1.88 bits per heavy atom. The molecular formula is C4H10N2O2. The molecule has 1 N–H and O–H groups in total. The van der Waals surface area contributed by atoms with Crippen molar-refractivity contribution in [3.63, 3.8) is 0 Å². The van der Waals surface area contributed by atoms with Crippen molar-refractivity contribution >= 4 is 0 Å². The Labute approximate surface area is 48.0 Å². The number of hydrogen-bond acceptors (Lipinski definition) is 2. The van der Waals surface area contributed by atoms with Gasteiger partial charge in [0.05, 0.1) is 6.04 Å². The molecule has 4 nitrogen and oxygen atoms in total. The Morgan fingerprint density at radius 3 is 2.50 bits per heavy atom. The van der Waals surface area contributed by atoms with Crippen LogP contribution in [0.3, 0.4) is 0 Å². The molecule has 1 atom stereocenters. The Balaban J connectivity index is 3.24. The second kappa shape index (κ2) is 3.23. The van der Waals surface area contributed by atoms with Crippen LogP contribution in [-0.4, -0.2) is 11.1 Å². The van der Waals surface area contributed by atoms with Gasteiger partial charge < -0.3 is 0 Å². The molecule has 0 spiro atoms. The van der Waals surface area contributed by atoms with Crippen LogP contribution in [0.1, 0.15) is 20.3 Å². The first-order chi connectivity index (χ1) is 3.66. The molecule has 0 unspecified atom stereocenters. The first kappa shape index (κ1) is 7.20. The minimum absolute atomic E-state index is 0.0231. The van der Waals surface area contributed by atoms with Gasteiger partial charge in [0.15, 0.2) is 5.03 Å². The van der Waals surface area contributed by atoms with E-state index in [9.17, 15) is 10.1 Å². The first-order valence-corrected chi connectivity index (χ1v) is 2.57. The van der Waals surface area contributed by atoms with E-state index in [4.69, 9.17) is 0 Å². The summed E-state index contributed by atoms with van der Waals surface area (Å²) in [5.74, 6) is 0. The Kier molecular flexibility index (Phi) is 2.91. The van der Waals surface area contributed by atoms with Crippen molar-refractivity contribution in [1.82, 2.24) is 5.43 Å². The fourth-order valence-electron chi connectivity index (χ4n) is 0.271. The molecule has 4 heteroatoms. The van der Waals surface area contributed by atoms with Gasteiger partial charge in [0.2, 0.25) is 0 Å². The maximum atomic E-state index is 9.66. The van der Waals surface area contributed by atoms with E-state index in [0.717, 1.165) is 6.42 Å². The van der Waals surface area contributed by atoms with Gasteiger partial charge in [0, 0.05) is 0 Å². The highest BCUT2D eigenvalue weighted by Gasteiger charge is 2.00. The third kappa shape index (κ3) is 3.39. The maximum absolute atomic E-state index is 9.66. The molecule has 0 heterocycles. The van der Waals surface area contributed by atoms with Crippen molar-refractivity contribution in [2.24, 2.45) is 0 Å². The zero-order valence-corrected chi connectivity index (χ0v) is 5.05. The van der Waals surface area contributed by atoms with Crippen LogP contribution in [0.25, 0.3) is 0 Å². The van der Waals surface area contributed by atoms with Gasteiger partial charge in [-0.2, -0.15) is 0 Å². The van der Waals surface area contributed by atoms with Crippen molar-refractivity contribution in [2.75, 3.05) is 0 Å². The summed E-state index contributed by atoms with van der Waals surface area (Å²) in [4.78, 5) is 9.66. The standard InChI is InChI=1S/C4H10N2O2/c1-3-4(2)5-6(7)8/h4-5H,3H2,1-2H3/t4-/m1/s1. The quantitative estimate of drug-likeness (QED) is 0.435. The van der Waals surface area contributed by atoms with E-state index < -0.39 is 5.03 Å². The van der Waals surface area contributed by atoms with E-state index in [0.29, 0.717) is 0 Å². The minimum atomic E-state index is -0.520. The third-order valence-electron chi connectivity index (χ3n) is 0.938. The zero-order chi connectivity index (χ0) is 6.57. The first-order valence-electron chi connectivity index (χ1n) is 2.57. The summed E-state index contributed by atoms with van der Waals surface area (Å²) in [5, 5.41) is 9.14. The lowest BCUT2D eigenvalue weighted by Gasteiger charge is -2.01. The summed E-state index contributed by atoms with van der Waals surface area (Å²) < 4.78 is 0. The lowest BCUT2D eigenvalue weighted by Crippen LogP contribution is -2.30. The normalized spacial score (nSPS) is 12.8. The van der Waals surface area contributed by atoms with Crippen LogP contribution < -0.4 is 5.43 Å². The molecule has 48 valence electrons. The second-order valence-electron chi connectivity index (χ2n) is 1.70. The number of hydrogen-bond donors (Lipinski definition) is 1. The van der Waals surface area contributed by atoms with Crippen LogP contribution in [0.2, 0.25) is 0 Å². The molecule has 0 bridgehead atoms. The van der Waals surface area contributed by atoms with Crippen molar-refractivity contribution in [3.05, 3.63) is 10.1 Å². The van der Waals surface area contributed by atoms with Crippen molar-refractivity contribution in [1.29, 1.82) is 0 Å². The Morgan fingerprint density at radius 2 is 2.38 bits per heavy atom. The molecule has 0 radical (unpaired) electrons. The Bertz CT molecular complexity index is 84.1. The summed E-state index contributed by atoms with van der Waals surface area (Å²) in [6.07, 6.45) is 0.779. The van der Waals surface area contributed by atoms with E-state index in [1.165, 1.54) is 0 Å². The fraction of sp³-hybridized carbons (Fsp3) is 1.00. The van der Waals surface area contributed by atoms with Crippen LogP contribution in [-0.2, 0) is 0 Å². The van der Waals surface area contributed by atoms with Crippen LogP contribution in [0, 0.1) is 10.1 Å². The maximum Gasteiger partial charge on any atom is 0.157 e. The molecule has 0 rings (SSSR count). The molecular weight excluding hydrogens is 108 g/mol. The van der Waals surface area contributed by atoms with Gasteiger partial charge in [0.1, 0.15) is 0 Å². The molecule has 0 fully saturated rings. The molecule has 0 saturated heterocycles. The van der Waals surface area contributed by atoms with Gasteiger partial charge in [-0.05, 0) is 13.3 Å². The van der Waals surface area contributed by atoms with E-state index >= 15 is 0 Å². The fourth-order valence-corrected chi connectivity index (χ4v) is 0.271. The number of nitro groups is 1. The van der Waals surface area contributed by atoms with Gasteiger partial charge in [-0.1, -0.05) is 6.92 Å². The number of nitrogens with one attached hydrogen (secondary N) is 1. The molecule has 8 heavy (non-hydrogen) atoms. The summed E-state index contributed by atoms with van der Waals surface area (Å²) in [6, 6.07) is -0.0231. The highest BCUT2D eigenvalue weighted by atomic mass is 16.7. The van der Waals surface area contributed by atoms with Gasteiger partial charge in [-0.3, -0.25) is 0 Å². The number of nitrogens with zero attached hydrogens (tertiary/aromatic N) is 1. The average molecular weight is 118 g/mol. The summed E-state index contributed by atoms with van der Waals surface area (Å²) >= 11 is 0. The third-order valence-corrected chi connectivity index (χ3v) is 0.938. The largest absolute Gasteiger partial charge is 0.235 e. The zero-order valence-electron chi connectivity index (χ0n) is 5.05. The molecule has 0 amide bonds. The van der Waals surface area contributed by atoms with Gasteiger partial charge in [-0.25, -0.2) is 10.1 Å². The lowest BCUT2D eigenvalue weighted by molar-refractivity contribution is -0.550. The van der Waals surface area contributed by atoms with Gasteiger partial charge in [0.25, 0.3) is 0 Å². The van der Waals surface area contributed by atoms with Crippen LogP contribution in [0.4, 0.5) is 0 Å². The minimum Gasteiger partial charge on any atom is -0.235 e. The molecule has 0 aromatic rings. The van der Waals surface area contributed by atoms with Crippen molar-refractivity contribution in [2.45, 2.75) is 26.3 Å². The summed E-state index contributed by atoms with van der Waals surface area (Å²) in [7, 11) is 0. The van der Waals surface area contributed by atoms with Crippen molar-refractivity contribution in [3.8, 4) is 0 Å². The molecule has 0 aliphatic heterocycles. The summed E-state index contributed by atoms with van der Waals surface area (Å²) in [6.45, 7) is 3.66. The van der Waals surface area contributed by atoms with Crippen LogP contribution >= 0.6 is 0 Å². The highest BCUT2D eigenvalue weighted by Crippen LogP contribution is 1.84. The van der Waals surface area contributed by atoms with Gasteiger partial charge >= 0.3 is 0 Å². The lowest BCUT2D eigenvalue weighted by atomic mass is 10.3. The predicted octanol–water partition coefficient (Wildman–Crippen LogP) is 0.566. The molecule has 0 aliphatic rings. The van der Waals surface area contributed by atoms with Crippen LogP contribution in [0.15, 0.2) is 0 Å². The van der Waals surface area contributed by atoms with E-state index in [-0.39, 0.29) is 6.04 Å². The second-order valence-corrected chi connectivity index (χ2v) is 1.70. The highest BCUT2D eigenvalue weighted by molar-refractivity contribution is 4.46. The number of hydrazine groups is 1. The van der Waals surface area contributed by atoms with E-state index in [1.54, 1.807) is 6.92 Å². The van der Waals surface area contributed by atoms with Crippen molar-refractivity contribution < 1.29 is 5.03 Å². The monoisotopic (exact) mass is 118 g/mol. The van der Waals surface area contributed by atoms with E-state index in [1.807, 2.05) is 6.92 Å². The number of rotatable bonds is 3. The summed E-state index contributed by atoms with van der Waals surface area (Å²) in [5.41, 5.74) is 2.11. The Hall–Kier alpha value is -0.800. The van der Waals surface area contributed by atoms with Crippen LogP contribution in [0.5, 0.6) is 0 Å². The topological polar surface area (TPSA) is 55.2 Å².